The van der Waals surface area contributed by atoms with Crippen LogP contribution >= 0.6 is 35.2 Å². The number of imidazole rings is 1. The van der Waals surface area contributed by atoms with E-state index in [1.807, 2.05) is 0 Å². The zero-order chi connectivity index (χ0) is 40.6. The van der Waals surface area contributed by atoms with Gasteiger partial charge in [0.15, 0.2) is 22.8 Å². The highest BCUT2D eigenvalue weighted by Gasteiger charge is 2.50. The predicted molar refractivity (Wildman–Crippen MR) is 183 cm³/mol. The van der Waals surface area contributed by atoms with E-state index in [4.69, 9.17) is 19.5 Å². The van der Waals surface area contributed by atoms with Crippen molar-refractivity contribution in [3.05, 3.63) is 12.7 Å². The number of nitrogens with two attached hydrogens (primary N) is 1. The van der Waals surface area contributed by atoms with Gasteiger partial charge in [-0.25, -0.2) is 28.6 Å². The van der Waals surface area contributed by atoms with Gasteiger partial charge in [0.05, 0.1) is 25.6 Å². The van der Waals surface area contributed by atoms with Crippen LogP contribution in [0, 0.1) is 5.41 Å². The quantitative estimate of drug-likeness (QED) is 0.0501. The molecule has 0 aromatic carbocycles. The normalized spacial score (nSPS) is 22.6. The molecule has 3 rings (SSSR count). The van der Waals surface area contributed by atoms with E-state index in [0.717, 1.165) is 29.0 Å². The van der Waals surface area contributed by atoms with Gasteiger partial charge in [0.1, 0.15) is 36.3 Å². The lowest BCUT2D eigenvalue weighted by Gasteiger charge is -2.30. The van der Waals surface area contributed by atoms with E-state index in [9.17, 15) is 63.0 Å². The Kier molecular flexibility index (Phi) is 16.2. The zero-order valence-electron chi connectivity index (χ0n) is 28.8. The van der Waals surface area contributed by atoms with Gasteiger partial charge in [-0.2, -0.15) is 4.31 Å². The summed E-state index contributed by atoms with van der Waals surface area (Å²) >= 11 is 0.939. The number of aliphatic hydroxyl groups excluding tert-OH is 3. The van der Waals surface area contributed by atoms with Gasteiger partial charge >= 0.3 is 23.5 Å². The van der Waals surface area contributed by atoms with Crippen LogP contribution in [-0.4, -0.2) is 134 Å². The molecule has 0 bridgehead atoms. The topological polar surface area (TPSA) is 384 Å². The number of amides is 2. The first kappa shape index (κ1) is 45.9. The van der Waals surface area contributed by atoms with Gasteiger partial charge in [0, 0.05) is 37.1 Å². The molecule has 1 saturated heterocycles. The number of ether oxygens (including phenoxy) is 1. The highest BCUT2D eigenvalue weighted by atomic mass is 32.2. The van der Waals surface area contributed by atoms with Crippen molar-refractivity contribution < 1.29 is 85.6 Å². The maximum atomic E-state index is 12.6. The van der Waals surface area contributed by atoms with Gasteiger partial charge in [-0.3, -0.25) is 32.5 Å². The van der Waals surface area contributed by atoms with Crippen molar-refractivity contribution in [3.63, 3.8) is 0 Å². The molecule has 8 atom stereocenters. The lowest BCUT2D eigenvalue weighted by Crippen LogP contribution is -2.46. The van der Waals surface area contributed by atoms with Crippen LogP contribution in [-0.2, 0) is 50.7 Å². The van der Waals surface area contributed by atoms with E-state index in [-0.39, 0.29) is 53.8 Å². The predicted octanol–water partition coefficient (Wildman–Crippen LogP) is -1.56. The van der Waals surface area contributed by atoms with E-state index in [1.165, 1.54) is 20.8 Å². The number of nitrogens with one attached hydrogen (secondary N) is 2. The van der Waals surface area contributed by atoms with Crippen LogP contribution in [0.15, 0.2) is 12.7 Å². The first-order chi connectivity index (χ1) is 24.9. The Hall–Kier alpha value is -2.48. The van der Waals surface area contributed by atoms with Crippen molar-refractivity contribution in [1.29, 1.82) is 0 Å². The molecular weight excluding hydrogens is 811 g/mol. The molecule has 0 spiro atoms. The number of phosphoric ester groups is 3. The van der Waals surface area contributed by atoms with E-state index in [1.54, 1.807) is 0 Å². The summed E-state index contributed by atoms with van der Waals surface area (Å²) in [6, 6.07) is 0. The molecule has 306 valence electrons. The molecule has 29 heteroatoms. The summed E-state index contributed by atoms with van der Waals surface area (Å²) in [6.07, 6.45) is -7.79. The van der Waals surface area contributed by atoms with Crippen molar-refractivity contribution in [3.8, 4) is 0 Å². The summed E-state index contributed by atoms with van der Waals surface area (Å²) < 4.78 is 61.9. The molecule has 1 aliphatic heterocycles. The van der Waals surface area contributed by atoms with Crippen LogP contribution in [0.5, 0.6) is 0 Å². The smallest absolute Gasteiger partial charge is 0.393 e. The number of rotatable bonds is 21. The molecule has 2 unspecified atom stereocenters. The van der Waals surface area contributed by atoms with Crippen LogP contribution in [0.3, 0.4) is 0 Å². The Morgan fingerprint density at radius 2 is 1.72 bits per heavy atom. The molecular formula is C25H42N7O18P3S. The fourth-order valence-corrected chi connectivity index (χ4v) is 8.22. The average molecular weight is 854 g/mol. The van der Waals surface area contributed by atoms with Crippen molar-refractivity contribution in [1.82, 2.24) is 30.2 Å². The molecule has 11 N–H and O–H groups in total. The molecule has 2 amide bonds. The third kappa shape index (κ3) is 13.9. The van der Waals surface area contributed by atoms with Crippen molar-refractivity contribution in [2.75, 3.05) is 37.8 Å². The number of carbonyl (C=O) groups excluding carboxylic acids is 3. The molecule has 1 aliphatic rings. The number of nitrogen functional groups attached to an aromatic ring is 1. The summed E-state index contributed by atoms with van der Waals surface area (Å²) in [5, 5.41) is 35.2. The third-order valence-corrected chi connectivity index (χ3v) is 11.2. The molecule has 25 nitrogen and oxygen atoms in total. The first-order valence-electron chi connectivity index (χ1n) is 15.6. The molecule has 0 aliphatic carbocycles. The molecule has 2 aromatic heterocycles. The fourth-order valence-electron chi connectivity index (χ4n) is 4.60. The highest BCUT2D eigenvalue weighted by Crippen LogP contribution is 2.61. The monoisotopic (exact) mass is 853 g/mol. The summed E-state index contributed by atoms with van der Waals surface area (Å²) in [5.41, 5.74) is 4.23. The van der Waals surface area contributed by atoms with Crippen LogP contribution in [0.1, 0.15) is 39.8 Å². The van der Waals surface area contributed by atoms with Crippen LogP contribution in [0.25, 0.3) is 11.2 Å². The van der Waals surface area contributed by atoms with Gasteiger partial charge in [0.2, 0.25) is 11.8 Å². The fraction of sp³-hybridized carbons (Fsp3) is 0.680. The van der Waals surface area contributed by atoms with Crippen molar-refractivity contribution in [2.24, 2.45) is 5.41 Å². The number of aliphatic hydroxyl groups is 3. The van der Waals surface area contributed by atoms with Crippen molar-refractivity contribution >= 4 is 69.1 Å². The maximum Gasteiger partial charge on any atom is 0.481 e. The number of hydrogen-bond acceptors (Lipinski definition) is 19. The molecule has 54 heavy (non-hydrogen) atoms. The molecule has 3 heterocycles. The number of nitrogens with zero attached hydrogens (tertiary/aromatic N) is 4. The van der Waals surface area contributed by atoms with E-state index in [2.05, 4.69) is 34.4 Å². The Bertz CT molecular complexity index is 1780. The van der Waals surface area contributed by atoms with Gasteiger partial charge in [-0.15, -0.1) is 0 Å². The minimum Gasteiger partial charge on any atom is -0.393 e. The molecule has 0 radical (unpaired) electrons. The second-order valence-electron chi connectivity index (χ2n) is 12.3. The second-order valence-corrected chi connectivity index (χ2v) is 17.7. The van der Waals surface area contributed by atoms with Gasteiger partial charge in [0.25, 0.3) is 0 Å². The number of aromatic nitrogens is 4. The van der Waals surface area contributed by atoms with Gasteiger partial charge in [-0.1, -0.05) is 25.6 Å². The van der Waals surface area contributed by atoms with Crippen LogP contribution in [0.4, 0.5) is 5.82 Å². The number of phosphoric acid groups is 3. The Morgan fingerprint density at radius 1 is 1.06 bits per heavy atom. The van der Waals surface area contributed by atoms with E-state index >= 15 is 0 Å². The number of carbonyl (C=O) groups is 3. The number of anilines is 1. The Morgan fingerprint density at radius 3 is 2.37 bits per heavy atom. The zero-order valence-corrected chi connectivity index (χ0v) is 32.3. The Balaban J connectivity index is 1.51. The summed E-state index contributed by atoms with van der Waals surface area (Å²) in [4.78, 5) is 86.9. The first-order valence-corrected chi connectivity index (χ1v) is 21.1. The largest absolute Gasteiger partial charge is 0.481 e. The number of hydrogen-bond donors (Lipinski definition) is 10. The highest BCUT2D eigenvalue weighted by molar-refractivity contribution is 8.13. The SMILES string of the molecule is C[C@H](O)CC(=O)SCCNC(=O)CCNC(=O)[C@H](O)C(C)(C)COP(=O)(O)OP(=O)(O)OC[C@@H]1O[C@H](n2cnc3c(N)ncnc32)[C@H](O)[C@H]1OP(=O)(O)O. The maximum absolute atomic E-state index is 12.6. The average Bonchev–Trinajstić information content (AvgIpc) is 3.60. The minimum atomic E-state index is -5.57. The lowest BCUT2D eigenvalue weighted by atomic mass is 9.87. The summed E-state index contributed by atoms with van der Waals surface area (Å²) in [5.74, 6) is -1.25. The number of thioether (sulfide) groups is 1. The third-order valence-electron chi connectivity index (χ3n) is 7.23. The van der Waals surface area contributed by atoms with Crippen molar-refractivity contribution in [2.45, 2.75) is 70.4 Å². The van der Waals surface area contributed by atoms with Gasteiger partial charge < -0.3 is 56.0 Å². The number of fused-ring (bicyclic) bond motifs is 1. The van der Waals surface area contributed by atoms with E-state index < -0.39 is 90.7 Å². The second kappa shape index (κ2) is 19.1. The molecule has 2 aromatic rings. The summed E-state index contributed by atoms with van der Waals surface area (Å²) in [6.45, 7) is 1.83. The molecule has 0 saturated carbocycles. The minimum absolute atomic E-state index is 0.0259. The molecule has 1 fully saturated rings. The van der Waals surface area contributed by atoms with Crippen LogP contribution in [0.2, 0.25) is 0 Å². The Labute approximate surface area is 310 Å². The van der Waals surface area contributed by atoms with Crippen LogP contribution < -0.4 is 16.4 Å². The van der Waals surface area contributed by atoms with Gasteiger partial charge in [-0.05, 0) is 6.92 Å². The lowest BCUT2D eigenvalue weighted by molar-refractivity contribution is -0.137. The van der Waals surface area contributed by atoms with E-state index in [0.29, 0.717) is 0 Å². The summed E-state index contributed by atoms with van der Waals surface area (Å²) in [7, 11) is -16.4. The standard InChI is InChI=1S/C25H42N7O18P3S/c1-13(33)8-16(35)54-7-6-27-15(34)4-5-28-23(38)20(37)25(2,3)10-47-53(44,45)50-52(42,43)46-9-14-19(49-51(39,40)41)18(36)24(48-14)32-12-31-17-21(26)29-11-30-22(17)32/h11-14,18-20,24,33,36-37H,4-10H2,1-3H3,(H,27,34)(H,28,38)(H,42,43)(H,44,45)(H2,26,29,30)(H2,39,40,41)/t13-,14-,18+,19-,20-,24-/m0/s1.